The summed E-state index contributed by atoms with van der Waals surface area (Å²) in [6.07, 6.45) is 1.52. The van der Waals surface area contributed by atoms with Gasteiger partial charge in [0.1, 0.15) is 24.0 Å². The van der Waals surface area contributed by atoms with Crippen LogP contribution in [-0.4, -0.2) is 5.91 Å². The number of ether oxygens (including phenoxy) is 1. The molecule has 0 radical (unpaired) electrons. The van der Waals surface area contributed by atoms with Gasteiger partial charge in [-0.25, -0.2) is 0 Å². The average Bonchev–Trinajstić information content (AvgIpc) is 2.78. The molecule has 3 rings (SSSR count). The Morgan fingerprint density at radius 2 is 1.84 bits per heavy atom. The van der Waals surface area contributed by atoms with Gasteiger partial charge in [-0.1, -0.05) is 42.0 Å². The molecule has 3 aromatic carbocycles. The van der Waals surface area contributed by atoms with Crippen molar-refractivity contribution in [2.24, 2.45) is 0 Å². The zero-order valence-corrected chi connectivity index (χ0v) is 18.3. The molecular formula is C25H18BrN3O2. The second kappa shape index (κ2) is 10.2. The molecule has 0 bridgehead atoms. The number of rotatable bonds is 6. The Hall–Kier alpha value is -3.87. The molecular weight excluding hydrogens is 454 g/mol. The minimum absolute atomic E-state index is 0.0101. The summed E-state index contributed by atoms with van der Waals surface area (Å²) in [5, 5.41) is 21.3. The topological polar surface area (TPSA) is 85.9 Å². The highest BCUT2D eigenvalue weighted by atomic mass is 79.9. The van der Waals surface area contributed by atoms with Crippen LogP contribution in [0.25, 0.3) is 6.08 Å². The maximum Gasteiger partial charge on any atom is 0.266 e. The molecule has 31 heavy (non-hydrogen) atoms. The van der Waals surface area contributed by atoms with Gasteiger partial charge in [0.15, 0.2) is 0 Å². The van der Waals surface area contributed by atoms with Gasteiger partial charge in [0, 0.05) is 11.3 Å². The van der Waals surface area contributed by atoms with E-state index in [0.717, 1.165) is 11.1 Å². The number of nitriles is 2. The van der Waals surface area contributed by atoms with Gasteiger partial charge in [-0.15, -0.1) is 0 Å². The summed E-state index contributed by atoms with van der Waals surface area (Å²) < 4.78 is 6.50. The number of hydrogen-bond donors (Lipinski definition) is 1. The molecule has 5 nitrogen and oxygen atoms in total. The summed E-state index contributed by atoms with van der Waals surface area (Å²) in [6, 6.07) is 24.0. The molecule has 0 aliphatic rings. The van der Waals surface area contributed by atoms with Crippen LogP contribution in [0.4, 0.5) is 5.69 Å². The van der Waals surface area contributed by atoms with E-state index in [1.165, 1.54) is 6.08 Å². The molecule has 0 aliphatic heterocycles. The highest BCUT2D eigenvalue weighted by Gasteiger charge is 2.11. The second-order valence-corrected chi connectivity index (χ2v) is 7.59. The molecule has 0 unspecified atom stereocenters. The lowest BCUT2D eigenvalue weighted by Gasteiger charge is -2.10. The summed E-state index contributed by atoms with van der Waals surface area (Å²) in [5.41, 5.74) is 3.73. The number of anilines is 1. The summed E-state index contributed by atoms with van der Waals surface area (Å²) >= 11 is 3.46. The normalized spacial score (nSPS) is 10.6. The van der Waals surface area contributed by atoms with Gasteiger partial charge < -0.3 is 10.1 Å². The van der Waals surface area contributed by atoms with Crippen molar-refractivity contribution in [3.63, 3.8) is 0 Å². The molecule has 1 amide bonds. The van der Waals surface area contributed by atoms with E-state index >= 15 is 0 Å². The maximum absolute atomic E-state index is 12.4. The maximum atomic E-state index is 12.4. The summed E-state index contributed by atoms with van der Waals surface area (Å²) in [7, 11) is 0. The van der Waals surface area contributed by atoms with Crippen LogP contribution < -0.4 is 10.1 Å². The van der Waals surface area contributed by atoms with Crippen molar-refractivity contribution in [1.82, 2.24) is 0 Å². The number of amides is 1. The highest BCUT2D eigenvalue weighted by molar-refractivity contribution is 9.10. The highest BCUT2D eigenvalue weighted by Crippen LogP contribution is 2.28. The van der Waals surface area contributed by atoms with E-state index in [-0.39, 0.29) is 12.2 Å². The van der Waals surface area contributed by atoms with Crippen molar-refractivity contribution in [2.75, 3.05) is 5.32 Å². The van der Waals surface area contributed by atoms with Crippen LogP contribution in [0.5, 0.6) is 5.75 Å². The largest absolute Gasteiger partial charge is 0.488 e. The van der Waals surface area contributed by atoms with Crippen LogP contribution in [0.2, 0.25) is 0 Å². The van der Waals surface area contributed by atoms with Crippen LogP contribution in [0.1, 0.15) is 22.3 Å². The Bertz CT molecular complexity index is 1220. The summed E-state index contributed by atoms with van der Waals surface area (Å²) in [5.74, 6) is 0.114. The smallest absolute Gasteiger partial charge is 0.266 e. The van der Waals surface area contributed by atoms with Crippen molar-refractivity contribution in [2.45, 2.75) is 13.5 Å². The SMILES string of the molecule is Cc1ccc(NC(=O)/C(C#N)=C/c2ccc(OCc3ccccc3C#N)c(Br)c2)cc1. The third-order valence-corrected chi connectivity index (χ3v) is 5.08. The van der Waals surface area contributed by atoms with E-state index < -0.39 is 5.91 Å². The van der Waals surface area contributed by atoms with Gasteiger partial charge in [0.05, 0.1) is 16.1 Å². The quantitative estimate of drug-likeness (QED) is 0.366. The number of aryl methyl sites for hydroxylation is 1. The standard InChI is InChI=1S/C25H18BrN3O2/c1-17-6-9-22(10-7-17)29-25(30)21(15-28)12-18-8-11-24(23(26)13-18)31-16-20-5-3-2-4-19(20)14-27/h2-13H,16H2,1H3,(H,29,30)/b21-12+. The zero-order valence-electron chi connectivity index (χ0n) is 16.7. The third kappa shape index (κ3) is 5.82. The molecule has 0 saturated heterocycles. The zero-order chi connectivity index (χ0) is 22.2. The second-order valence-electron chi connectivity index (χ2n) is 6.74. The molecule has 0 spiro atoms. The van der Waals surface area contributed by atoms with Crippen LogP contribution in [-0.2, 0) is 11.4 Å². The molecule has 3 aromatic rings. The van der Waals surface area contributed by atoms with Gasteiger partial charge in [-0.2, -0.15) is 10.5 Å². The number of nitrogens with zero attached hydrogens (tertiary/aromatic N) is 2. The molecule has 1 N–H and O–H groups in total. The Balaban J connectivity index is 1.72. The number of carbonyl (C=O) groups excluding carboxylic acids is 1. The summed E-state index contributed by atoms with van der Waals surface area (Å²) in [4.78, 5) is 12.4. The van der Waals surface area contributed by atoms with Gasteiger partial charge in [-0.3, -0.25) is 4.79 Å². The van der Waals surface area contributed by atoms with E-state index in [9.17, 15) is 15.3 Å². The van der Waals surface area contributed by atoms with Crippen molar-refractivity contribution in [3.8, 4) is 17.9 Å². The van der Waals surface area contributed by atoms with Gasteiger partial charge in [0.25, 0.3) is 5.91 Å². The molecule has 0 aliphatic carbocycles. The monoisotopic (exact) mass is 471 g/mol. The Kier molecular flexibility index (Phi) is 7.22. The Labute approximate surface area is 189 Å². The molecule has 0 fully saturated rings. The Morgan fingerprint density at radius 1 is 1.10 bits per heavy atom. The van der Waals surface area contributed by atoms with E-state index in [1.807, 2.05) is 37.3 Å². The minimum Gasteiger partial charge on any atom is -0.488 e. The minimum atomic E-state index is -0.476. The number of nitrogens with one attached hydrogen (secondary N) is 1. The van der Waals surface area contributed by atoms with Gasteiger partial charge in [-0.05, 0) is 64.8 Å². The van der Waals surface area contributed by atoms with Crippen LogP contribution in [0.3, 0.4) is 0 Å². The van der Waals surface area contributed by atoms with Gasteiger partial charge in [0.2, 0.25) is 0 Å². The van der Waals surface area contributed by atoms with Crippen molar-refractivity contribution in [1.29, 1.82) is 10.5 Å². The van der Waals surface area contributed by atoms with Crippen molar-refractivity contribution < 1.29 is 9.53 Å². The van der Waals surface area contributed by atoms with Crippen molar-refractivity contribution >= 4 is 33.6 Å². The first-order chi connectivity index (χ1) is 15.0. The number of benzene rings is 3. The fraction of sp³-hybridized carbons (Fsp3) is 0.0800. The lowest BCUT2D eigenvalue weighted by atomic mass is 10.1. The number of halogens is 1. The predicted molar refractivity (Wildman–Crippen MR) is 123 cm³/mol. The molecule has 0 aromatic heterocycles. The van der Waals surface area contributed by atoms with Crippen LogP contribution >= 0.6 is 15.9 Å². The predicted octanol–water partition coefficient (Wildman–Crippen LogP) is 5.75. The Morgan fingerprint density at radius 3 is 2.52 bits per heavy atom. The first kappa shape index (κ1) is 21.8. The number of carbonyl (C=O) groups is 1. The van der Waals surface area contributed by atoms with E-state index in [0.29, 0.717) is 27.0 Å². The average molecular weight is 472 g/mol. The van der Waals surface area contributed by atoms with E-state index in [2.05, 4.69) is 27.3 Å². The summed E-state index contributed by atoms with van der Waals surface area (Å²) in [6.45, 7) is 2.21. The van der Waals surface area contributed by atoms with Crippen LogP contribution in [0.15, 0.2) is 76.8 Å². The van der Waals surface area contributed by atoms with Crippen molar-refractivity contribution in [3.05, 3.63) is 99.0 Å². The lowest BCUT2D eigenvalue weighted by molar-refractivity contribution is -0.112. The molecule has 0 heterocycles. The lowest BCUT2D eigenvalue weighted by Crippen LogP contribution is -2.13. The van der Waals surface area contributed by atoms with E-state index in [4.69, 9.17) is 4.74 Å². The number of hydrogen-bond acceptors (Lipinski definition) is 4. The fourth-order valence-corrected chi connectivity index (χ4v) is 3.30. The van der Waals surface area contributed by atoms with Gasteiger partial charge >= 0.3 is 0 Å². The van der Waals surface area contributed by atoms with E-state index in [1.54, 1.807) is 42.5 Å². The van der Waals surface area contributed by atoms with Crippen LogP contribution in [0, 0.1) is 29.6 Å². The first-order valence-electron chi connectivity index (χ1n) is 9.40. The molecule has 6 heteroatoms. The first-order valence-corrected chi connectivity index (χ1v) is 10.2. The third-order valence-electron chi connectivity index (χ3n) is 4.46. The molecule has 0 atom stereocenters. The molecule has 0 saturated carbocycles. The fourth-order valence-electron chi connectivity index (χ4n) is 2.79. The molecule has 152 valence electrons.